The molecule has 1 aromatic heterocycles. The second kappa shape index (κ2) is 5.19. The van der Waals surface area contributed by atoms with Crippen LogP contribution in [0, 0.1) is 5.92 Å². The zero-order valence-corrected chi connectivity index (χ0v) is 11.1. The van der Waals surface area contributed by atoms with Crippen LogP contribution in [0.5, 0.6) is 0 Å². The van der Waals surface area contributed by atoms with Crippen molar-refractivity contribution in [3.63, 3.8) is 0 Å². The van der Waals surface area contributed by atoms with E-state index in [2.05, 4.69) is 29.9 Å². The largest absolute Gasteiger partial charge is 0.277 e. The van der Waals surface area contributed by atoms with Gasteiger partial charge in [0, 0.05) is 23.6 Å². The highest BCUT2D eigenvalue weighted by Gasteiger charge is 2.14. The van der Waals surface area contributed by atoms with Gasteiger partial charge in [-0.3, -0.25) is 4.99 Å². The van der Waals surface area contributed by atoms with Gasteiger partial charge < -0.3 is 0 Å². The van der Waals surface area contributed by atoms with Crippen molar-refractivity contribution in [1.29, 1.82) is 0 Å². The van der Waals surface area contributed by atoms with Crippen molar-refractivity contribution in [1.82, 2.24) is 4.98 Å². The molecule has 4 heteroatoms. The first-order valence-electron chi connectivity index (χ1n) is 5.50. The van der Waals surface area contributed by atoms with Gasteiger partial charge in [-0.05, 0) is 24.5 Å². The van der Waals surface area contributed by atoms with Gasteiger partial charge in [0.05, 0.1) is 0 Å². The van der Waals surface area contributed by atoms with Crippen LogP contribution in [0.2, 0.25) is 5.15 Å². The fraction of sp³-hybridized carbons (Fsp3) is 0.500. The molecule has 2 nitrogen and oxygen atoms in total. The Hall–Kier alpha value is -0.540. The first-order valence-corrected chi connectivity index (χ1v) is 6.86. The lowest BCUT2D eigenvalue weighted by Crippen LogP contribution is -2.01. The molecule has 1 aliphatic rings. The average molecular weight is 255 g/mol. The van der Waals surface area contributed by atoms with Crippen molar-refractivity contribution >= 4 is 28.4 Å². The van der Waals surface area contributed by atoms with Gasteiger partial charge >= 0.3 is 0 Å². The van der Waals surface area contributed by atoms with Gasteiger partial charge in [0.25, 0.3) is 0 Å². The Kier molecular flexibility index (Phi) is 3.87. The first-order chi connectivity index (χ1) is 7.66. The van der Waals surface area contributed by atoms with Crippen LogP contribution in [0.1, 0.15) is 25.1 Å². The van der Waals surface area contributed by atoms with E-state index in [0.717, 1.165) is 35.0 Å². The quantitative estimate of drug-likeness (QED) is 0.773. The lowest BCUT2D eigenvalue weighted by Gasteiger charge is -2.07. The highest BCUT2D eigenvalue weighted by atomic mass is 35.5. The van der Waals surface area contributed by atoms with Crippen LogP contribution < -0.4 is 0 Å². The lowest BCUT2D eigenvalue weighted by molar-refractivity contribution is 0.635. The highest BCUT2D eigenvalue weighted by Crippen LogP contribution is 2.24. The van der Waals surface area contributed by atoms with Crippen molar-refractivity contribution < 1.29 is 0 Å². The minimum Gasteiger partial charge on any atom is -0.277 e. The van der Waals surface area contributed by atoms with Gasteiger partial charge in [0.1, 0.15) is 10.2 Å². The molecule has 0 spiro atoms. The number of aliphatic imine (C=N–C) groups is 1. The molecule has 0 saturated carbocycles. The van der Waals surface area contributed by atoms with E-state index >= 15 is 0 Å². The van der Waals surface area contributed by atoms with Gasteiger partial charge in [0.2, 0.25) is 0 Å². The number of hydrogen-bond donors (Lipinski definition) is 0. The third-order valence-electron chi connectivity index (χ3n) is 2.34. The molecule has 1 aliphatic heterocycles. The number of nitrogens with zero attached hydrogens (tertiary/aromatic N) is 2. The third-order valence-corrected chi connectivity index (χ3v) is 3.64. The van der Waals surface area contributed by atoms with Crippen molar-refractivity contribution in [2.75, 3.05) is 12.3 Å². The Bertz CT molecular complexity index is 415. The molecule has 0 bridgehead atoms. The molecule has 0 atom stereocenters. The molecule has 1 aromatic rings. The van der Waals surface area contributed by atoms with E-state index in [1.54, 1.807) is 11.8 Å². The Morgan fingerprint density at radius 2 is 2.25 bits per heavy atom. The summed E-state index contributed by atoms with van der Waals surface area (Å²) in [6.07, 6.45) is 0.972. The maximum absolute atomic E-state index is 6.19. The number of thioether (sulfide) groups is 1. The van der Waals surface area contributed by atoms with Crippen LogP contribution in [0.15, 0.2) is 17.1 Å². The molecule has 0 aromatic carbocycles. The molecule has 2 rings (SSSR count). The zero-order chi connectivity index (χ0) is 11.5. The standard InChI is InChI=1S/C12H15ClN2S/c1-8(2)7-9-3-4-10(11(13)15-9)12-14-5-6-16-12/h3-4,8H,5-7H2,1-2H3. The summed E-state index contributed by atoms with van der Waals surface area (Å²) in [4.78, 5) is 8.84. The predicted molar refractivity (Wildman–Crippen MR) is 71.7 cm³/mol. The van der Waals surface area contributed by atoms with E-state index in [9.17, 15) is 0 Å². The van der Waals surface area contributed by atoms with Crippen molar-refractivity contribution in [3.8, 4) is 0 Å². The van der Waals surface area contributed by atoms with Crippen LogP contribution in [0.4, 0.5) is 0 Å². The topological polar surface area (TPSA) is 25.2 Å². The summed E-state index contributed by atoms with van der Waals surface area (Å²) in [6, 6.07) is 4.10. The van der Waals surface area contributed by atoms with Crippen LogP contribution >= 0.6 is 23.4 Å². The molecule has 2 heterocycles. The fourth-order valence-electron chi connectivity index (χ4n) is 1.66. The van der Waals surface area contributed by atoms with E-state index in [-0.39, 0.29) is 0 Å². The van der Waals surface area contributed by atoms with Crippen LogP contribution in [-0.4, -0.2) is 22.3 Å². The van der Waals surface area contributed by atoms with E-state index < -0.39 is 0 Å². The molecule has 0 radical (unpaired) electrons. The molecule has 0 saturated heterocycles. The van der Waals surface area contributed by atoms with E-state index in [4.69, 9.17) is 11.6 Å². The van der Waals surface area contributed by atoms with Crippen LogP contribution in [-0.2, 0) is 6.42 Å². The summed E-state index contributed by atoms with van der Waals surface area (Å²) in [7, 11) is 0. The number of rotatable bonds is 3. The molecule has 0 amide bonds. The summed E-state index contributed by atoms with van der Waals surface area (Å²) in [5.41, 5.74) is 2.05. The number of halogens is 1. The molecule has 86 valence electrons. The number of aromatic nitrogens is 1. The molecule has 0 fully saturated rings. The summed E-state index contributed by atoms with van der Waals surface area (Å²) in [5, 5.41) is 1.62. The van der Waals surface area contributed by atoms with Gasteiger partial charge in [0.15, 0.2) is 0 Å². The Morgan fingerprint density at radius 1 is 1.44 bits per heavy atom. The molecule has 16 heavy (non-hydrogen) atoms. The lowest BCUT2D eigenvalue weighted by atomic mass is 10.1. The zero-order valence-electron chi connectivity index (χ0n) is 9.53. The summed E-state index contributed by atoms with van der Waals surface area (Å²) < 4.78 is 0. The SMILES string of the molecule is CC(C)Cc1ccc(C2=NCCS2)c(Cl)n1. The van der Waals surface area contributed by atoms with Crippen molar-refractivity contribution in [3.05, 3.63) is 28.5 Å². The molecule has 0 N–H and O–H groups in total. The van der Waals surface area contributed by atoms with Gasteiger partial charge in [-0.1, -0.05) is 25.4 Å². The summed E-state index contributed by atoms with van der Waals surface area (Å²) in [6.45, 7) is 5.25. The second-order valence-corrected chi connectivity index (χ2v) is 5.72. The molecule has 0 aliphatic carbocycles. The maximum atomic E-state index is 6.19. The monoisotopic (exact) mass is 254 g/mol. The minimum atomic E-state index is 0.589. The maximum Gasteiger partial charge on any atom is 0.139 e. The molecular weight excluding hydrogens is 240 g/mol. The van der Waals surface area contributed by atoms with Crippen molar-refractivity contribution in [2.45, 2.75) is 20.3 Å². The first kappa shape index (κ1) is 11.9. The third kappa shape index (κ3) is 2.77. The van der Waals surface area contributed by atoms with Crippen LogP contribution in [0.25, 0.3) is 0 Å². The molecular formula is C12H15ClN2S. The Morgan fingerprint density at radius 3 is 2.81 bits per heavy atom. The van der Waals surface area contributed by atoms with Crippen molar-refractivity contribution in [2.24, 2.45) is 10.9 Å². The van der Waals surface area contributed by atoms with Gasteiger partial charge in [-0.25, -0.2) is 4.98 Å². The minimum absolute atomic E-state index is 0.589. The Balaban J connectivity index is 2.22. The van der Waals surface area contributed by atoms with Gasteiger partial charge in [-0.15, -0.1) is 11.8 Å². The fourth-order valence-corrected chi connectivity index (χ4v) is 2.86. The second-order valence-electron chi connectivity index (χ2n) is 4.27. The number of hydrogen-bond acceptors (Lipinski definition) is 3. The summed E-state index contributed by atoms with van der Waals surface area (Å²) >= 11 is 7.94. The van der Waals surface area contributed by atoms with Crippen LogP contribution in [0.3, 0.4) is 0 Å². The smallest absolute Gasteiger partial charge is 0.139 e. The normalized spacial score (nSPS) is 15.6. The highest BCUT2D eigenvalue weighted by molar-refractivity contribution is 8.14. The summed E-state index contributed by atoms with van der Waals surface area (Å²) in [5.74, 6) is 1.66. The van der Waals surface area contributed by atoms with E-state index in [0.29, 0.717) is 11.1 Å². The van der Waals surface area contributed by atoms with E-state index in [1.807, 2.05) is 6.07 Å². The van der Waals surface area contributed by atoms with Gasteiger partial charge in [-0.2, -0.15) is 0 Å². The average Bonchev–Trinajstić information content (AvgIpc) is 2.69. The Labute approximate surface area is 106 Å². The molecule has 0 unspecified atom stereocenters. The number of pyridine rings is 1. The predicted octanol–water partition coefficient (Wildman–Crippen LogP) is 3.43. The van der Waals surface area contributed by atoms with E-state index in [1.165, 1.54) is 0 Å².